The molecule has 0 aliphatic rings. The number of hydrogen-bond acceptors (Lipinski definition) is 0. The van der Waals surface area contributed by atoms with E-state index < -0.39 is 12.6 Å². The average molecular weight is 182 g/mol. The maximum atomic E-state index is 11.9. The van der Waals surface area contributed by atoms with E-state index in [0.717, 1.165) is 0 Å². The van der Waals surface area contributed by atoms with Gasteiger partial charge in [0.15, 0.2) is 0 Å². The monoisotopic (exact) mass is 182 g/mol. The van der Waals surface area contributed by atoms with Crippen molar-refractivity contribution in [1.82, 2.24) is 0 Å². The summed E-state index contributed by atoms with van der Waals surface area (Å²) in [6.07, 6.45) is -4.67. The highest BCUT2D eigenvalue weighted by atomic mass is 19.4. The molecule has 2 atom stereocenters. The summed E-state index contributed by atoms with van der Waals surface area (Å²) in [5.74, 6) is 0.180. The van der Waals surface area contributed by atoms with Crippen molar-refractivity contribution >= 4 is 0 Å². The molecule has 0 saturated carbocycles. The number of halogens is 3. The van der Waals surface area contributed by atoms with E-state index in [0.29, 0.717) is 5.92 Å². The van der Waals surface area contributed by atoms with Gasteiger partial charge in [-0.15, -0.1) is 0 Å². The molecule has 0 nitrogen and oxygen atoms in total. The van der Waals surface area contributed by atoms with Crippen LogP contribution in [0, 0.1) is 17.8 Å². The molecule has 0 fully saturated rings. The van der Waals surface area contributed by atoms with E-state index >= 15 is 0 Å². The van der Waals surface area contributed by atoms with E-state index in [1.165, 1.54) is 0 Å². The molecule has 2 unspecified atom stereocenters. The summed E-state index contributed by atoms with van der Waals surface area (Å²) in [7, 11) is 0. The van der Waals surface area contributed by atoms with Crippen molar-refractivity contribution in [2.45, 2.75) is 40.3 Å². The van der Waals surface area contributed by atoms with Gasteiger partial charge < -0.3 is 0 Å². The van der Waals surface area contributed by atoms with Gasteiger partial charge in [0.1, 0.15) is 0 Å². The molecule has 0 aliphatic heterocycles. The summed E-state index contributed by atoms with van der Waals surface area (Å²) >= 11 is 0. The molecule has 0 amide bonds. The quantitative estimate of drug-likeness (QED) is 0.621. The molecule has 0 rings (SSSR count). The van der Waals surface area contributed by atoms with Crippen LogP contribution in [0.4, 0.5) is 13.2 Å². The first-order chi connectivity index (χ1) is 5.24. The van der Waals surface area contributed by atoms with Crippen LogP contribution < -0.4 is 0 Å². The molecule has 74 valence electrons. The Bertz CT molecular complexity index is 126. The third kappa shape index (κ3) is 4.62. The van der Waals surface area contributed by atoms with Crippen LogP contribution in [0.5, 0.6) is 0 Å². The molecule has 3 heteroatoms. The van der Waals surface area contributed by atoms with Crippen LogP contribution in [0.3, 0.4) is 0 Å². The van der Waals surface area contributed by atoms with Crippen molar-refractivity contribution < 1.29 is 13.2 Å². The summed E-state index contributed by atoms with van der Waals surface area (Å²) < 4.78 is 35.8. The topological polar surface area (TPSA) is 0 Å². The van der Waals surface area contributed by atoms with E-state index in [1.54, 1.807) is 6.92 Å². The van der Waals surface area contributed by atoms with Crippen LogP contribution in [0.15, 0.2) is 0 Å². The highest BCUT2D eigenvalue weighted by Crippen LogP contribution is 2.31. The van der Waals surface area contributed by atoms with Gasteiger partial charge in [0.2, 0.25) is 0 Å². The van der Waals surface area contributed by atoms with E-state index in [9.17, 15) is 13.2 Å². The summed E-state index contributed by atoms with van der Waals surface area (Å²) in [6, 6.07) is 0. The molecule has 12 heavy (non-hydrogen) atoms. The molecule has 0 aliphatic carbocycles. The molecule has 0 aromatic heterocycles. The maximum Gasteiger partial charge on any atom is 0.389 e. The predicted octanol–water partition coefficient (Wildman–Crippen LogP) is 3.87. The maximum absolute atomic E-state index is 11.9. The van der Waals surface area contributed by atoms with Gasteiger partial charge in [-0.25, -0.2) is 0 Å². The van der Waals surface area contributed by atoms with Crippen molar-refractivity contribution in [1.29, 1.82) is 0 Å². The van der Waals surface area contributed by atoms with Crippen molar-refractivity contribution in [3.05, 3.63) is 0 Å². The fourth-order valence-electron chi connectivity index (χ4n) is 1.21. The lowest BCUT2D eigenvalue weighted by Gasteiger charge is -2.24. The van der Waals surface area contributed by atoms with Crippen LogP contribution >= 0.6 is 0 Å². The second-order valence-electron chi connectivity index (χ2n) is 3.90. The SMILES string of the molecule is CC(C)C(C)C(C)CC(F)(F)F. The van der Waals surface area contributed by atoms with Crippen molar-refractivity contribution in [3.63, 3.8) is 0 Å². The molecular formula is C9H17F3. The van der Waals surface area contributed by atoms with Gasteiger partial charge in [-0.05, 0) is 17.8 Å². The lowest BCUT2D eigenvalue weighted by molar-refractivity contribution is -0.147. The Balaban J connectivity index is 3.95. The van der Waals surface area contributed by atoms with E-state index in [4.69, 9.17) is 0 Å². The van der Waals surface area contributed by atoms with Gasteiger partial charge in [0.25, 0.3) is 0 Å². The van der Waals surface area contributed by atoms with E-state index in [-0.39, 0.29) is 11.8 Å². The molecule has 0 aromatic rings. The Hall–Kier alpha value is -0.210. The minimum Gasteiger partial charge on any atom is -0.171 e. The molecule has 0 N–H and O–H groups in total. The van der Waals surface area contributed by atoms with Crippen LogP contribution in [-0.2, 0) is 0 Å². The zero-order valence-electron chi connectivity index (χ0n) is 8.07. The second kappa shape index (κ2) is 4.15. The zero-order chi connectivity index (χ0) is 9.94. The minimum atomic E-state index is -4.01. The first kappa shape index (κ1) is 11.8. The average Bonchev–Trinajstić information content (AvgIpc) is 1.82. The molecule has 0 radical (unpaired) electrons. The van der Waals surface area contributed by atoms with Gasteiger partial charge in [-0.2, -0.15) is 13.2 Å². The molecule has 0 aromatic carbocycles. The zero-order valence-corrected chi connectivity index (χ0v) is 8.07. The van der Waals surface area contributed by atoms with Gasteiger partial charge >= 0.3 is 6.18 Å². The molecular weight excluding hydrogens is 165 g/mol. The highest BCUT2D eigenvalue weighted by molar-refractivity contribution is 4.68. The Morgan fingerprint density at radius 3 is 1.67 bits per heavy atom. The molecule has 0 heterocycles. The Morgan fingerprint density at radius 2 is 1.42 bits per heavy atom. The van der Waals surface area contributed by atoms with Crippen molar-refractivity contribution in [2.24, 2.45) is 17.8 Å². The lowest BCUT2D eigenvalue weighted by atomic mass is 9.84. The smallest absolute Gasteiger partial charge is 0.171 e. The Kier molecular flexibility index (Phi) is 4.08. The summed E-state index contributed by atoms with van der Waals surface area (Å²) in [6.45, 7) is 7.45. The normalized spacial score (nSPS) is 18.0. The van der Waals surface area contributed by atoms with Crippen LogP contribution in [0.2, 0.25) is 0 Å². The fourth-order valence-corrected chi connectivity index (χ4v) is 1.21. The second-order valence-corrected chi connectivity index (χ2v) is 3.90. The molecule has 0 saturated heterocycles. The Morgan fingerprint density at radius 1 is 1.00 bits per heavy atom. The van der Waals surface area contributed by atoms with Gasteiger partial charge in [-0.3, -0.25) is 0 Å². The standard InChI is InChI=1S/C9H17F3/c1-6(2)8(4)7(3)5-9(10,11)12/h6-8H,5H2,1-4H3. The third-order valence-electron chi connectivity index (χ3n) is 2.50. The van der Waals surface area contributed by atoms with E-state index in [1.807, 2.05) is 20.8 Å². The largest absolute Gasteiger partial charge is 0.389 e. The van der Waals surface area contributed by atoms with Crippen molar-refractivity contribution in [3.8, 4) is 0 Å². The number of rotatable bonds is 3. The first-order valence-electron chi connectivity index (χ1n) is 4.30. The fraction of sp³-hybridized carbons (Fsp3) is 1.00. The third-order valence-corrected chi connectivity index (χ3v) is 2.50. The van der Waals surface area contributed by atoms with Crippen molar-refractivity contribution in [2.75, 3.05) is 0 Å². The first-order valence-corrected chi connectivity index (χ1v) is 4.30. The van der Waals surface area contributed by atoms with Crippen LogP contribution in [0.25, 0.3) is 0 Å². The summed E-state index contributed by atoms with van der Waals surface area (Å²) in [5.41, 5.74) is 0. The van der Waals surface area contributed by atoms with Gasteiger partial charge in [-0.1, -0.05) is 27.7 Å². The Labute approximate surface area is 72.2 Å². The lowest BCUT2D eigenvalue weighted by Crippen LogP contribution is -2.21. The summed E-state index contributed by atoms with van der Waals surface area (Å²) in [5, 5.41) is 0. The van der Waals surface area contributed by atoms with E-state index in [2.05, 4.69) is 0 Å². The predicted molar refractivity (Wildman–Crippen MR) is 43.8 cm³/mol. The van der Waals surface area contributed by atoms with Crippen LogP contribution in [0.1, 0.15) is 34.1 Å². The number of hydrogen-bond donors (Lipinski definition) is 0. The summed E-state index contributed by atoms with van der Waals surface area (Å²) in [4.78, 5) is 0. The van der Waals surface area contributed by atoms with Crippen LogP contribution in [-0.4, -0.2) is 6.18 Å². The van der Waals surface area contributed by atoms with Gasteiger partial charge in [0, 0.05) is 6.42 Å². The molecule has 0 spiro atoms. The number of alkyl halides is 3. The van der Waals surface area contributed by atoms with Gasteiger partial charge in [0.05, 0.1) is 0 Å². The minimum absolute atomic E-state index is 0.131. The molecule has 0 bridgehead atoms. The highest BCUT2D eigenvalue weighted by Gasteiger charge is 2.32.